The predicted molar refractivity (Wildman–Crippen MR) is 98.7 cm³/mol. The standard InChI is InChI=1S/C19H32N4O/c1-4-22-10-12-23(13-11-22)15-16(2)14-21-18(24)19(3,20)17-8-6-5-7-9-17/h5-9,16H,4,10-15,20H2,1-3H3,(H,21,24). The van der Waals surface area contributed by atoms with E-state index in [1.165, 1.54) is 0 Å². The second-order valence-corrected chi connectivity index (χ2v) is 7.12. The third-order valence-electron chi connectivity index (χ3n) is 4.94. The van der Waals surface area contributed by atoms with Gasteiger partial charge in [0.1, 0.15) is 5.54 Å². The lowest BCUT2D eigenvalue weighted by Crippen LogP contribution is -2.51. The Morgan fingerprint density at radius 2 is 1.79 bits per heavy atom. The van der Waals surface area contributed by atoms with E-state index in [1.54, 1.807) is 6.92 Å². The smallest absolute Gasteiger partial charge is 0.244 e. The van der Waals surface area contributed by atoms with Crippen molar-refractivity contribution in [1.29, 1.82) is 0 Å². The van der Waals surface area contributed by atoms with Crippen LogP contribution in [0.25, 0.3) is 0 Å². The Balaban J connectivity index is 1.77. The van der Waals surface area contributed by atoms with Crippen LogP contribution >= 0.6 is 0 Å². The van der Waals surface area contributed by atoms with Gasteiger partial charge in [0.2, 0.25) is 5.91 Å². The molecule has 1 heterocycles. The van der Waals surface area contributed by atoms with Crippen LogP contribution in [0.5, 0.6) is 0 Å². The van der Waals surface area contributed by atoms with Crippen LogP contribution < -0.4 is 11.1 Å². The normalized spacial score (nSPS) is 20.3. The Labute approximate surface area is 146 Å². The number of carbonyl (C=O) groups is 1. The zero-order valence-electron chi connectivity index (χ0n) is 15.3. The lowest BCUT2D eigenvalue weighted by molar-refractivity contribution is -0.126. The Kier molecular flexibility index (Phi) is 6.78. The number of benzene rings is 1. The zero-order chi connectivity index (χ0) is 17.6. The summed E-state index contributed by atoms with van der Waals surface area (Å²) in [6.45, 7) is 13.5. The molecular formula is C19H32N4O. The molecule has 0 aliphatic carbocycles. The number of nitrogens with two attached hydrogens (primary N) is 1. The fraction of sp³-hybridized carbons (Fsp3) is 0.632. The molecule has 0 bridgehead atoms. The van der Waals surface area contributed by atoms with Crippen molar-refractivity contribution in [3.63, 3.8) is 0 Å². The molecule has 2 rings (SSSR count). The SMILES string of the molecule is CCN1CCN(CC(C)CNC(=O)C(C)(N)c2ccccc2)CC1. The minimum absolute atomic E-state index is 0.114. The summed E-state index contributed by atoms with van der Waals surface area (Å²) in [5, 5.41) is 3.03. The maximum atomic E-state index is 12.5. The van der Waals surface area contributed by atoms with Gasteiger partial charge in [0.25, 0.3) is 0 Å². The second kappa shape index (κ2) is 8.60. The Morgan fingerprint density at radius 1 is 1.21 bits per heavy atom. The Hall–Kier alpha value is -1.43. The third-order valence-corrected chi connectivity index (χ3v) is 4.94. The molecule has 134 valence electrons. The van der Waals surface area contributed by atoms with Crippen molar-refractivity contribution < 1.29 is 4.79 Å². The van der Waals surface area contributed by atoms with Crippen LogP contribution in [0.1, 0.15) is 26.3 Å². The van der Waals surface area contributed by atoms with Crippen molar-refractivity contribution in [2.75, 3.05) is 45.8 Å². The summed E-state index contributed by atoms with van der Waals surface area (Å²) in [4.78, 5) is 17.5. The van der Waals surface area contributed by atoms with Crippen molar-refractivity contribution >= 4 is 5.91 Å². The van der Waals surface area contributed by atoms with Gasteiger partial charge in [-0.15, -0.1) is 0 Å². The number of nitrogens with one attached hydrogen (secondary N) is 1. The van der Waals surface area contributed by atoms with E-state index in [9.17, 15) is 4.79 Å². The molecule has 1 aromatic rings. The van der Waals surface area contributed by atoms with Crippen molar-refractivity contribution in [2.24, 2.45) is 11.7 Å². The van der Waals surface area contributed by atoms with Crippen LogP contribution in [-0.2, 0) is 10.3 Å². The highest BCUT2D eigenvalue weighted by Crippen LogP contribution is 2.17. The quantitative estimate of drug-likeness (QED) is 0.789. The molecule has 3 N–H and O–H groups in total. The van der Waals surface area contributed by atoms with Crippen molar-refractivity contribution in [3.8, 4) is 0 Å². The molecular weight excluding hydrogens is 300 g/mol. The first-order valence-electron chi connectivity index (χ1n) is 9.01. The van der Waals surface area contributed by atoms with Gasteiger partial charge in [0, 0.05) is 39.3 Å². The number of carbonyl (C=O) groups excluding carboxylic acids is 1. The van der Waals surface area contributed by atoms with Crippen molar-refractivity contribution in [3.05, 3.63) is 35.9 Å². The van der Waals surface area contributed by atoms with E-state index in [2.05, 4.69) is 29.0 Å². The van der Waals surface area contributed by atoms with E-state index < -0.39 is 5.54 Å². The summed E-state index contributed by atoms with van der Waals surface area (Å²) in [7, 11) is 0. The molecule has 2 atom stereocenters. The lowest BCUT2D eigenvalue weighted by Gasteiger charge is -2.35. The molecule has 1 aromatic carbocycles. The maximum absolute atomic E-state index is 12.5. The van der Waals surface area contributed by atoms with Crippen LogP contribution in [-0.4, -0.2) is 61.5 Å². The van der Waals surface area contributed by atoms with Crippen LogP contribution in [0.3, 0.4) is 0 Å². The molecule has 1 amide bonds. The highest BCUT2D eigenvalue weighted by atomic mass is 16.2. The van der Waals surface area contributed by atoms with Gasteiger partial charge in [0.05, 0.1) is 0 Å². The highest BCUT2D eigenvalue weighted by Gasteiger charge is 2.30. The number of amides is 1. The van der Waals surface area contributed by atoms with E-state index in [4.69, 9.17) is 5.73 Å². The summed E-state index contributed by atoms with van der Waals surface area (Å²) in [6.07, 6.45) is 0. The van der Waals surface area contributed by atoms with Crippen LogP contribution in [0.15, 0.2) is 30.3 Å². The predicted octanol–water partition coefficient (Wildman–Crippen LogP) is 1.25. The molecule has 24 heavy (non-hydrogen) atoms. The molecule has 1 aliphatic rings. The van der Waals surface area contributed by atoms with E-state index >= 15 is 0 Å². The van der Waals surface area contributed by atoms with Gasteiger partial charge in [-0.05, 0) is 24.9 Å². The molecule has 5 nitrogen and oxygen atoms in total. The first-order valence-corrected chi connectivity index (χ1v) is 9.01. The first kappa shape index (κ1) is 18.9. The van der Waals surface area contributed by atoms with Gasteiger partial charge in [-0.3, -0.25) is 4.79 Å². The largest absolute Gasteiger partial charge is 0.354 e. The van der Waals surface area contributed by atoms with Gasteiger partial charge < -0.3 is 20.9 Å². The zero-order valence-corrected chi connectivity index (χ0v) is 15.3. The molecule has 5 heteroatoms. The molecule has 0 saturated carbocycles. The molecule has 1 saturated heterocycles. The van der Waals surface area contributed by atoms with Crippen molar-refractivity contribution in [2.45, 2.75) is 26.3 Å². The number of piperazine rings is 1. The number of hydrogen-bond donors (Lipinski definition) is 2. The monoisotopic (exact) mass is 332 g/mol. The summed E-state index contributed by atoms with van der Waals surface area (Å²) >= 11 is 0. The maximum Gasteiger partial charge on any atom is 0.244 e. The minimum Gasteiger partial charge on any atom is -0.354 e. The van der Waals surface area contributed by atoms with E-state index in [0.29, 0.717) is 12.5 Å². The number of likely N-dealkylation sites (N-methyl/N-ethyl adjacent to an activating group) is 1. The van der Waals surface area contributed by atoms with Crippen LogP contribution in [0, 0.1) is 5.92 Å². The molecule has 1 fully saturated rings. The van der Waals surface area contributed by atoms with E-state index in [-0.39, 0.29) is 5.91 Å². The molecule has 0 spiro atoms. The molecule has 1 aliphatic heterocycles. The fourth-order valence-corrected chi connectivity index (χ4v) is 3.16. The van der Waals surface area contributed by atoms with Gasteiger partial charge in [0.15, 0.2) is 0 Å². The number of nitrogens with zero attached hydrogens (tertiary/aromatic N) is 2. The molecule has 0 aromatic heterocycles. The van der Waals surface area contributed by atoms with Gasteiger partial charge in [-0.1, -0.05) is 44.2 Å². The summed E-state index contributed by atoms with van der Waals surface area (Å²) in [6, 6.07) is 9.54. The van der Waals surface area contributed by atoms with E-state index in [0.717, 1.165) is 44.8 Å². The van der Waals surface area contributed by atoms with E-state index in [1.807, 2.05) is 30.3 Å². The average molecular weight is 332 g/mol. The number of rotatable bonds is 7. The topological polar surface area (TPSA) is 61.6 Å². The second-order valence-electron chi connectivity index (χ2n) is 7.12. The first-order chi connectivity index (χ1) is 11.4. The van der Waals surface area contributed by atoms with Gasteiger partial charge in [-0.25, -0.2) is 0 Å². The summed E-state index contributed by atoms with van der Waals surface area (Å²) in [5.41, 5.74) is 6.10. The van der Waals surface area contributed by atoms with Gasteiger partial charge >= 0.3 is 0 Å². The Morgan fingerprint density at radius 3 is 2.38 bits per heavy atom. The fourth-order valence-electron chi connectivity index (χ4n) is 3.16. The molecule has 2 unspecified atom stereocenters. The summed E-state index contributed by atoms with van der Waals surface area (Å²) in [5.74, 6) is 0.296. The minimum atomic E-state index is -0.992. The highest BCUT2D eigenvalue weighted by molar-refractivity contribution is 5.86. The Bertz CT molecular complexity index is 509. The van der Waals surface area contributed by atoms with Crippen LogP contribution in [0.2, 0.25) is 0 Å². The summed E-state index contributed by atoms with van der Waals surface area (Å²) < 4.78 is 0. The number of hydrogen-bond acceptors (Lipinski definition) is 4. The third kappa shape index (κ3) is 5.03. The lowest BCUT2D eigenvalue weighted by atomic mass is 9.92. The molecule has 0 radical (unpaired) electrons. The average Bonchev–Trinajstić information content (AvgIpc) is 2.61. The van der Waals surface area contributed by atoms with Crippen molar-refractivity contribution in [1.82, 2.24) is 15.1 Å². The van der Waals surface area contributed by atoms with Crippen LogP contribution in [0.4, 0.5) is 0 Å². The van der Waals surface area contributed by atoms with Gasteiger partial charge in [-0.2, -0.15) is 0 Å².